The number of ether oxygens (including phenoxy) is 1. The Morgan fingerprint density at radius 2 is 1.81 bits per heavy atom. The first-order valence-corrected chi connectivity index (χ1v) is 6.82. The molecule has 0 N–H and O–H groups in total. The van der Waals surface area contributed by atoms with Crippen LogP contribution in [0.2, 0.25) is 0 Å². The average Bonchev–Trinajstić information content (AvgIpc) is 2.64. The number of aldehydes is 1. The zero-order valence-corrected chi connectivity index (χ0v) is 13.0. The van der Waals surface area contributed by atoms with Gasteiger partial charge in [-0.1, -0.05) is 12.1 Å². The first kappa shape index (κ1) is 15.7. The molecule has 21 heavy (non-hydrogen) atoms. The smallest absolute Gasteiger partial charge is 0.481 e. The summed E-state index contributed by atoms with van der Waals surface area (Å²) in [5.41, 5.74) is 0.441. The van der Waals surface area contributed by atoms with Crippen molar-refractivity contribution in [2.24, 2.45) is 0 Å². The van der Waals surface area contributed by atoms with Gasteiger partial charge in [-0.3, -0.25) is 4.79 Å². The molecule has 0 atom stereocenters. The van der Waals surface area contributed by atoms with Crippen LogP contribution >= 0.6 is 0 Å². The summed E-state index contributed by atoms with van der Waals surface area (Å²) in [6.45, 7) is 7.97. The van der Waals surface area contributed by atoms with Gasteiger partial charge in [-0.05, 0) is 27.7 Å². The van der Waals surface area contributed by atoms with E-state index in [0.29, 0.717) is 17.0 Å². The Bertz CT molecular complexity index is 553. The summed E-state index contributed by atoms with van der Waals surface area (Å²) < 4.78 is 16.7. The lowest BCUT2D eigenvalue weighted by molar-refractivity contribution is 0.00578. The lowest BCUT2D eigenvalue weighted by Crippen LogP contribution is -2.41. The van der Waals surface area contributed by atoms with Crippen molar-refractivity contribution in [1.82, 2.24) is 4.98 Å². The molecule has 0 radical (unpaired) electrons. The van der Waals surface area contributed by atoms with Gasteiger partial charge in [0, 0.05) is 23.4 Å². The maximum absolute atomic E-state index is 11.1. The average molecular weight is 289 g/mol. The molecule has 5 nitrogen and oxygen atoms in total. The molecular weight excluding hydrogens is 269 g/mol. The number of hydrogen-bond acceptors (Lipinski definition) is 5. The van der Waals surface area contributed by atoms with E-state index in [1.54, 1.807) is 24.3 Å². The van der Waals surface area contributed by atoms with Crippen LogP contribution in [0.5, 0.6) is 5.88 Å². The summed E-state index contributed by atoms with van der Waals surface area (Å²) in [5, 5.41) is 0. The van der Waals surface area contributed by atoms with Gasteiger partial charge in [0.25, 0.3) is 0 Å². The molecule has 1 saturated heterocycles. The number of carbonyl (C=O) groups excluding carboxylic acids is 1. The molecular formula is C15H20BNO4. The lowest BCUT2D eigenvalue weighted by atomic mass is 9.89. The monoisotopic (exact) mass is 289 g/mol. The zero-order chi connectivity index (χ0) is 15.7. The van der Waals surface area contributed by atoms with Crippen molar-refractivity contribution in [3.63, 3.8) is 0 Å². The fourth-order valence-electron chi connectivity index (χ4n) is 1.96. The second-order valence-corrected chi connectivity index (χ2v) is 5.96. The van der Waals surface area contributed by atoms with Crippen molar-refractivity contribution in [1.29, 1.82) is 0 Å². The largest absolute Gasteiger partial charge is 0.487 e. The van der Waals surface area contributed by atoms with Crippen LogP contribution in [0, 0.1) is 0 Å². The van der Waals surface area contributed by atoms with E-state index in [0.717, 1.165) is 6.29 Å². The van der Waals surface area contributed by atoms with Crippen molar-refractivity contribution in [2.75, 3.05) is 7.11 Å². The van der Waals surface area contributed by atoms with E-state index < -0.39 is 7.12 Å². The lowest BCUT2D eigenvalue weighted by Gasteiger charge is -2.32. The van der Waals surface area contributed by atoms with Crippen molar-refractivity contribution >= 4 is 19.5 Å². The second-order valence-electron chi connectivity index (χ2n) is 5.96. The highest BCUT2D eigenvalue weighted by atomic mass is 16.7. The normalized spacial score (nSPS) is 20.0. The first-order chi connectivity index (χ1) is 9.79. The van der Waals surface area contributed by atoms with Gasteiger partial charge in [0.15, 0.2) is 6.29 Å². The van der Waals surface area contributed by atoms with E-state index in [9.17, 15) is 4.79 Å². The van der Waals surface area contributed by atoms with Crippen LogP contribution in [0.25, 0.3) is 6.08 Å². The minimum atomic E-state index is -0.448. The van der Waals surface area contributed by atoms with Gasteiger partial charge in [0.1, 0.15) is 0 Å². The van der Waals surface area contributed by atoms with Crippen LogP contribution < -0.4 is 4.74 Å². The second kappa shape index (κ2) is 5.62. The molecule has 1 aliphatic heterocycles. The summed E-state index contributed by atoms with van der Waals surface area (Å²) in [6, 6.07) is 1.59. The minimum absolute atomic E-state index is 0.381. The van der Waals surface area contributed by atoms with E-state index >= 15 is 0 Å². The predicted molar refractivity (Wildman–Crippen MR) is 81.3 cm³/mol. The third kappa shape index (κ3) is 3.17. The molecule has 1 aromatic heterocycles. The van der Waals surface area contributed by atoms with E-state index in [1.807, 2.05) is 27.7 Å². The van der Waals surface area contributed by atoms with Crippen LogP contribution in [-0.2, 0) is 9.31 Å². The molecule has 0 aromatic carbocycles. The molecule has 0 spiro atoms. The number of rotatable bonds is 4. The molecule has 1 fully saturated rings. The summed E-state index contributed by atoms with van der Waals surface area (Å²) in [7, 11) is 1.06. The summed E-state index contributed by atoms with van der Waals surface area (Å²) >= 11 is 0. The SMILES string of the molecule is COc1cc(C=O)c(/C=C/B2OC(C)(C)C(C)(C)O2)cn1. The van der Waals surface area contributed by atoms with E-state index in [2.05, 4.69) is 4.98 Å². The van der Waals surface area contributed by atoms with Gasteiger partial charge in [-0.25, -0.2) is 4.98 Å². The topological polar surface area (TPSA) is 57.7 Å². The van der Waals surface area contributed by atoms with Crippen molar-refractivity contribution < 1.29 is 18.8 Å². The molecule has 1 aromatic rings. The Labute approximate surface area is 125 Å². The van der Waals surface area contributed by atoms with Crippen molar-refractivity contribution in [2.45, 2.75) is 38.9 Å². The van der Waals surface area contributed by atoms with Crippen LogP contribution in [0.1, 0.15) is 43.6 Å². The minimum Gasteiger partial charge on any atom is -0.481 e. The Morgan fingerprint density at radius 3 is 2.33 bits per heavy atom. The summed E-state index contributed by atoms with van der Waals surface area (Å²) in [4.78, 5) is 15.2. The number of methoxy groups -OCH3 is 1. The Hall–Kier alpha value is -1.66. The summed E-state index contributed by atoms with van der Waals surface area (Å²) in [5.74, 6) is 2.19. The Morgan fingerprint density at radius 1 is 1.19 bits per heavy atom. The van der Waals surface area contributed by atoms with Crippen LogP contribution in [0.15, 0.2) is 18.2 Å². The highest BCUT2D eigenvalue weighted by molar-refractivity contribution is 6.52. The fraction of sp³-hybridized carbons (Fsp3) is 0.467. The van der Waals surface area contributed by atoms with E-state index in [-0.39, 0.29) is 11.2 Å². The van der Waals surface area contributed by atoms with Gasteiger partial charge < -0.3 is 14.0 Å². The molecule has 112 valence electrons. The number of aromatic nitrogens is 1. The molecule has 1 aliphatic rings. The molecule has 6 heteroatoms. The molecule has 0 saturated carbocycles. The van der Waals surface area contributed by atoms with Gasteiger partial charge in [-0.15, -0.1) is 0 Å². The quantitative estimate of drug-likeness (QED) is 0.629. The third-order valence-corrected chi connectivity index (χ3v) is 3.98. The number of nitrogens with zero attached hydrogens (tertiary/aromatic N) is 1. The molecule has 0 bridgehead atoms. The number of carbonyl (C=O) groups is 1. The van der Waals surface area contributed by atoms with Gasteiger partial charge >= 0.3 is 7.12 Å². The maximum Gasteiger partial charge on any atom is 0.487 e. The number of hydrogen-bond donors (Lipinski definition) is 0. The molecule has 0 amide bonds. The van der Waals surface area contributed by atoms with Gasteiger partial charge in [0.05, 0.1) is 18.3 Å². The third-order valence-electron chi connectivity index (χ3n) is 3.98. The molecule has 2 rings (SSSR count). The summed E-state index contributed by atoms with van der Waals surface area (Å²) in [6.07, 6.45) is 4.14. The van der Waals surface area contributed by atoms with Crippen LogP contribution in [0.3, 0.4) is 0 Å². The van der Waals surface area contributed by atoms with Crippen LogP contribution in [0.4, 0.5) is 0 Å². The van der Waals surface area contributed by atoms with Crippen molar-refractivity contribution in [3.05, 3.63) is 29.4 Å². The van der Waals surface area contributed by atoms with E-state index in [4.69, 9.17) is 14.0 Å². The zero-order valence-electron chi connectivity index (χ0n) is 13.0. The molecule has 0 unspecified atom stereocenters. The predicted octanol–water partition coefficient (Wildman–Crippen LogP) is 2.55. The molecule has 2 heterocycles. The fourth-order valence-corrected chi connectivity index (χ4v) is 1.96. The Balaban J connectivity index is 2.18. The maximum atomic E-state index is 11.1. The first-order valence-electron chi connectivity index (χ1n) is 6.82. The standard InChI is InChI=1S/C15H20BNO4/c1-14(2)15(3,4)21-16(20-14)7-6-11-9-17-13(19-5)8-12(11)10-18/h6-10H,1-5H3/b7-6+. The van der Waals surface area contributed by atoms with Gasteiger partial charge in [-0.2, -0.15) is 0 Å². The van der Waals surface area contributed by atoms with E-state index in [1.165, 1.54) is 7.11 Å². The Kier molecular flexibility index (Phi) is 4.21. The highest BCUT2D eigenvalue weighted by Gasteiger charge is 2.49. The highest BCUT2D eigenvalue weighted by Crippen LogP contribution is 2.37. The van der Waals surface area contributed by atoms with Crippen molar-refractivity contribution in [3.8, 4) is 5.88 Å². The van der Waals surface area contributed by atoms with Gasteiger partial charge in [0.2, 0.25) is 5.88 Å². The van der Waals surface area contributed by atoms with Crippen LogP contribution in [-0.4, -0.2) is 36.7 Å². The number of pyridine rings is 1. The molecule has 0 aliphatic carbocycles.